The van der Waals surface area contributed by atoms with Crippen molar-refractivity contribution in [1.82, 2.24) is 4.98 Å². The molecule has 0 aliphatic rings. The first-order chi connectivity index (χ1) is 10.5. The maximum absolute atomic E-state index is 9.63. The zero-order valence-electron chi connectivity index (χ0n) is 11.0. The quantitative estimate of drug-likeness (QED) is 0.503. The zero-order chi connectivity index (χ0) is 15.9. The van der Waals surface area contributed by atoms with Crippen molar-refractivity contribution < 1.29 is 20.4 Å². The van der Waals surface area contributed by atoms with Gasteiger partial charge in [0, 0.05) is 21.8 Å². The number of nitrogens with zero attached hydrogens (tertiary/aromatic N) is 1. The molecule has 0 aliphatic heterocycles. The molecule has 112 valence electrons. The predicted molar refractivity (Wildman–Crippen MR) is 87.3 cm³/mol. The molecular weight excluding hydrogens is 370 g/mol. The van der Waals surface area contributed by atoms with E-state index in [4.69, 9.17) is 0 Å². The number of halogens is 1. The van der Waals surface area contributed by atoms with Gasteiger partial charge < -0.3 is 20.4 Å². The Morgan fingerprint density at radius 1 is 0.864 bits per heavy atom. The van der Waals surface area contributed by atoms with E-state index in [1.165, 1.54) is 35.6 Å². The summed E-state index contributed by atoms with van der Waals surface area (Å²) in [5, 5.41) is 38.7. The van der Waals surface area contributed by atoms with Gasteiger partial charge in [0.15, 0.2) is 23.0 Å². The molecule has 2 aromatic carbocycles. The molecule has 3 aromatic rings. The molecule has 0 spiro atoms. The monoisotopic (exact) mass is 379 g/mol. The average molecular weight is 380 g/mol. The number of aromatic hydroxyl groups is 4. The summed E-state index contributed by atoms with van der Waals surface area (Å²) in [6.45, 7) is 0. The Labute approximate surface area is 137 Å². The molecule has 0 fully saturated rings. The van der Waals surface area contributed by atoms with Crippen LogP contribution < -0.4 is 0 Å². The third kappa shape index (κ3) is 2.60. The van der Waals surface area contributed by atoms with Crippen LogP contribution in [-0.2, 0) is 0 Å². The highest BCUT2D eigenvalue weighted by atomic mass is 79.9. The van der Waals surface area contributed by atoms with Gasteiger partial charge in [-0.3, -0.25) is 0 Å². The second-order valence-electron chi connectivity index (χ2n) is 4.55. The highest BCUT2D eigenvalue weighted by molar-refractivity contribution is 9.10. The number of phenols is 4. The molecule has 0 saturated heterocycles. The summed E-state index contributed by atoms with van der Waals surface area (Å²) < 4.78 is 0.631. The Hall–Kier alpha value is -2.25. The highest BCUT2D eigenvalue weighted by Crippen LogP contribution is 2.41. The maximum atomic E-state index is 9.63. The van der Waals surface area contributed by atoms with Crippen molar-refractivity contribution >= 4 is 27.3 Å². The number of aromatic nitrogens is 1. The number of rotatable bonds is 2. The molecule has 22 heavy (non-hydrogen) atoms. The Balaban J connectivity index is 2.04. The molecule has 0 unspecified atom stereocenters. The molecule has 0 saturated carbocycles. The standard InChI is InChI=1S/C15H10BrNO4S/c16-9-5-13(21)12(20)4-8(9)14-6-17-15(22-14)7-1-2-10(18)11(19)3-7/h1-6,18-21H. The summed E-state index contributed by atoms with van der Waals surface area (Å²) in [5.74, 6) is -0.816. The molecular formula is C15H10BrNO4S. The van der Waals surface area contributed by atoms with E-state index in [1.54, 1.807) is 12.3 Å². The van der Waals surface area contributed by atoms with Crippen LogP contribution in [0.1, 0.15) is 0 Å². The zero-order valence-corrected chi connectivity index (χ0v) is 13.4. The SMILES string of the molecule is Oc1ccc(-c2ncc(-c3cc(O)c(O)cc3Br)s2)cc1O. The fourth-order valence-electron chi connectivity index (χ4n) is 1.93. The lowest BCUT2D eigenvalue weighted by molar-refractivity contribution is 0.403. The van der Waals surface area contributed by atoms with E-state index in [0.29, 0.717) is 20.6 Å². The minimum Gasteiger partial charge on any atom is -0.504 e. The molecule has 7 heteroatoms. The lowest BCUT2D eigenvalue weighted by atomic mass is 10.2. The topological polar surface area (TPSA) is 93.8 Å². The van der Waals surface area contributed by atoms with Crippen LogP contribution in [0.15, 0.2) is 41.0 Å². The largest absolute Gasteiger partial charge is 0.504 e. The first-order valence-corrected chi connectivity index (χ1v) is 7.76. The Bertz CT molecular complexity index is 863. The van der Waals surface area contributed by atoms with E-state index < -0.39 is 0 Å². The van der Waals surface area contributed by atoms with Crippen LogP contribution in [0.25, 0.3) is 21.0 Å². The van der Waals surface area contributed by atoms with Crippen LogP contribution in [0.2, 0.25) is 0 Å². The first-order valence-electron chi connectivity index (χ1n) is 6.15. The van der Waals surface area contributed by atoms with E-state index in [0.717, 1.165) is 4.88 Å². The summed E-state index contributed by atoms with van der Waals surface area (Å²) in [6.07, 6.45) is 1.64. The van der Waals surface area contributed by atoms with E-state index in [2.05, 4.69) is 20.9 Å². The molecule has 0 aliphatic carbocycles. The van der Waals surface area contributed by atoms with Gasteiger partial charge >= 0.3 is 0 Å². The number of hydrogen-bond acceptors (Lipinski definition) is 6. The molecule has 5 nitrogen and oxygen atoms in total. The molecule has 0 radical (unpaired) electrons. The lowest BCUT2D eigenvalue weighted by Gasteiger charge is -2.04. The summed E-state index contributed by atoms with van der Waals surface area (Å²) in [7, 11) is 0. The minimum atomic E-state index is -0.213. The molecule has 1 heterocycles. The van der Waals surface area contributed by atoms with Crippen molar-refractivity contribution in [2.75, 3.05) is 0 Å². The van der Waals surface area contributed by atoms with Crippen LogP contribution >= 0.6 is 27.3 Å². The number of benzene rings is 2. The van der Waals surface area contributed by atoms with Crippen molar-refractivity contribution in [3.05, 3.63) is 41.0 Å². The second kappa shape index (κ2) is 5.51. The number of thiazole rings is 1. The highest BCUT2D eigenvalue weighted by Gasteiger charge is 2.13. The molecule has 4 N–H and O–H groups in total. The normalized spacial score (nSPS) is 10.8. The van der Waals surface area contributed by atoms with E-state index >= 15 is 0 Å². The van der Waals surface area contributed by atoms with Crippen LogP contribution in [0.3, 0.4) is 0 Å². The van der Waals surface area contributed by atoms with E-state index in [1.807, 2.05) is 0 Å². The Kier molecular flexibility index (Phi) is 3.67. The van der Waals surface area contributed by atoms with Crippen molar-refractivity contribution in [1.29, 1.82) is 0 Å². The first kappa shape index (κ1) is 14.7. The molecule has 0 atom stereocenters. The lowest BCUT2D eigenvalue weighted by Crippen LogP contribution is -1.77. The second-order valence-corrected chi connectivity index (χ2v) is 6.44. The van der Waals surface area contributed by atoms with Gasteiger partial charge in [0.1, 0.15) is 5.01 Å². The average Bonchev–Trinajstić information content (AvgIpc) is 2.95. The van der Waals surface area contributed by atoms with E-state index in [-0.39, 0.29) is 23.0 Å². The van der Waals surface area contributed by atoms with Gasteiger partial charge in [-0.05, 0) is 46.3 Å². The maximum Gasteiger partial charge on any atom is 0.158 e. The fraction of sp³-hybridized carbons (Fsp3) is 0. The summed E-state index contributed by atoms with van der Waals surface area (Å²) in [5.41, 5.74) is 1.37. The molecule has 0 amide bonds. The minimum absolute atomic E-state index is 0.188. The van der Waals surface area contributed by atoms with Crippen LogP contribution in [0, 0.1) is 0 Å². The van der Waals surface area contributed by atoms with Crippen molar-refractivity contribution in [2.45, 2.75) is 0 Å². The van der Waals surface area contributed by atoms with Gasteiger partial charge in [-0.15, -0.1) is 11.3 Å². The summed E-state index contributed by atoms with van der Waals surface area (Å²) >= 11 is 4.70. The van der Waals surface area contributed by atoms with E-state index in [9.17, 15) is 20.4 Å². The molecule has 3 rings (SSSR count). The summed E-state index contributed by atoms with van der Waals surface area (Å²) in [4.78, 5) is 5.07. The Morgan fingerprint density at radius 2 is 1.55 bits per heavy atom. The third-order valence-electron chi connectivity index (χ3n) is 3.06. The van der Waals surface area contributed by atoms with Gasteiger partial charge in [0.05, 0.1) is 4.88 Å². The van der Waals surface area contributed by atoms with Crippen LogP contribution in [-0.4, -0.2) is 25.4 Å². The number of phenolic OH excluding ortho intramolecular Hbond substituents is 4. The predicted octanol–water partition coefficient (Wildman–Crippen LogP) is 4.06. The molecule has 1 aromatic heterocycles. The Morgan fingerprint density at radius 3 is 2.27 bits per heavy atom. The van der Waals surface area contributed by atoms with Gasteiger partial charge in [0.25, 0.3) is 0 Å². The van der Waals surface area contributed by atoms with Crippen molar-refractivity contribution in [2.24, 2.45) is 0 Å². The van der Waals surface area contributed by atoms with Crippen LogP contribution in [0.5, 0.6) is 23.0 Å². The van der Waals surface area contributed by atoms with Crippen LogP contribution in [0.4, 0.5) is 0 Å². The fourth-order valence-corrected chi connectivity index (χ4v) is 3.55. The van der Waals surface area contributed by atoms with Gasteiger partial charge in [-0.25, -0.2) is 4.98 Å². The number of hydrogen-bond donors (Lipinski definition) is 4. The third-order valence-corrected chi connectivity index (χ3v) is 4.79. The molecule has 0 bridgehead atoms. The van der Waals surface area contributed by atoms with Gasteiger partial charge in [-0.1, -0.05) is 0 Å². The van der Waals surface area contributed by atoms with Crippen molar-refractivity contribution in [3.8, 4) is 44.0 Å². The smallest absolute Gasteiger partial charge is 0.158 e. The van der Waals surface area contributed by atoms with Crippen molar-refractivity contribution in [3.63, 3.8) is 0 Å². The van der Waals surface area contributed by atoms with Gasteiger partial charge in [-0.2, -0.15) is 0 Å². The summed E-state index contributed by atoms with van der Waals surface area (Å²) in [6, 6.07) is 7.35. The van der Waals surface area contributed by atoms with Gasteiger partial charge in [0.2, 0.25) is 0 Å².